The molecule has 1 amide bonds. The Balaban J connectivity index is 1.89. The third kappa shape index (κ3) is 4.28. The fraction of sp³-hybridized carbons (Fsp3) is 0.562. The number of carbonyl (C=O) groups is 1. The number of ether oxygens (including phenoxy) is 1. The van der Waals surface area contributed by atoms with Gasteiger partial charge in [0.2, 0.25) is 0 Å². The molecule has 6 heteroatoms. The number of rotatable bonds is 5. The number of hydrogen-bond donors (Lipinski definition) is 1. The average molecular weight is 345 g/mol. The number of benzene rings is 1. The molecule has 4 nitrogen and oxygen atoms in total. The fourth-order valence-electron chi connectivity index (χ4n) is 2.51. The van der Waals surface area contributed by atoms with E-state index in [1.54, 1.807) is 25.1 Å². The van der Waals surface area contributed by atoms with Gasteiger partial charge in [-0.3, -0.25) is 9.69 Å². The van der Waals surface area contributed by atoms with Crippen LogP contribution >= 0.6 is 23.2 Å². The molecule has 1 fully saturated rings. The highest BCUT2D eigenvalue weighted by atomic mass is 35.5. The Morgan fingerprint density at radius 2 is 2.09 bits per heavy atom. The Kier molecular flexibility index (Phi) is 5.95. The van der Waals surface area contributed by atoms with Gasteiger partial charge in [-0.2, -0.15) is 0 Å². The van der Waals surface area contributed by atoms with Crippen LogP contribution in [0.25, 0.3) is 0 Å². The Morgan fingerprint density at radius 1 is 1.36 bits per heavy atom. The zero-order valence-electron chi connectivity index (χ0n) is 13.1. The standard InChI is InChI=1S/C16H22Cl2N2O2/c1-10(2)20-8-7-12(9-20)19-16(21)11(3)22-14-6-4-5-13(17)15(14)18/h4-6,10-12H,7-9H2,1-3H3,(H,19,21)/t11-,12-/m1/s1. The Labute approximate surface area is 141 Å². The van der Waals surface area contributed by atoms with E-state index >= 15 is 0 Å². The van der Waals surface area contributed by atoms with Crippen molar-refractivity contribution in [3.63, 3.8) is 0 Å². The van der Waals surface area contributed by atoms with Crippen LogP contribution < -0.4 is 10.1 Å². The van der Waals surface area contributed by atoms with Gasteiger partial charge >= 0.3 is 0 Å². The van der Waals surface area contributed by atoms with Crippen molar-refractivity contribution < 1.29 is 9.53 Å². The topological polar surface area (TPSA) is 41.6 Å². The molecule has 0 aromatic heterocycles. The minimum Gasteiger partial charge on any atom is -0.479 e. The van der Waals surface area contributed by atoms with Gasteiger partial charge in [-0.25, -0.2) is 0 Å². The highest BCUT2D eigenvalue weighted by molar-refractivity contribution is 6.42. The molecule has 0 saturated carbocycles. The van der Waals surface area contributed by atoms with Crippen LogP contribution in [-0.4, -0.2) is 42.1 Å². The van der Waals surface area contributed by atoms with E-state index in [1.165, 1.54) is 0 Å². The predicted octanol–water partition coefficient (Wildman–Crippen LogP) is 3.36. The van der Waals surface area contributed by atoms with Crippen LogP contribution in [-0.2, 0) is 4.79 Å². The van der Waals surface area contributed by atoms with Gasteiger partial charge in [-0.05, 0) is 39.3 Å². The summed E-state index contributed by atoms with van der Waals surface area (Å²) in [7, 11) is 0. The number of halogens is 2. The zero-order valence-corrected chi connectivity index (χ0v) is 14.6. The molecule has 22 heavy (non-hydrogen) atoms. The molecule has 2 atom stereocenters. The smallest absolute Gasteiger partial charge is 0.261 e. The first-order chi connectivity index (χ1) is 10.4. The second-order valence-corrected chi connectivity index (χ2v) is 6.68. The number of nitrogens with zero attached hydrogens (tertiary/aromatic N) is 1. The van der Waals surface area contributed by atoms with Gasteiger partial charge in [0.15, 0.2) is 6.10 Å². The molecule has 2 rings (SSSR count). The molecule has 1 aromatic rings. The molecule has 1 heterocycles. The van der Waals surface area contributed by atoms with Gasteiger partial charge in [0, 0.05) is 25.2 Å². The fourth-order valence-corrected chi connectivity index (χ4v) is 2.85. The van der Waals surface area contributed by atoms with Crippen molar-refractivity contribution in [1.29, 1.82) is 0 Å². The normalized spacial score (nSPS) is 20.2. The van der Waals surface area contributed by atoms with E-state index in [9.17, 15) is 4.79 Å². The molecule has 0 bridgehead atoms. The van der Waals surface area contributed by atoms with Crippen LogP contribution in [0.2, 0.25) is 10.0 Å². The van der Waals surface area contributed by atoms with E-state index in [0.717, 1.165) is 19.5 Å². The lowest BCUT2D eigenvalue weighted by Gasteiger charge is -2.21. The number of carbonyl (C=O) groups excluding carboxylic acids is 1. The lowest BCUT2D eigenvalue weighted by Crippen LogP contribution is -2.44. The van der Waals surface area contributed by atoms with Crippen LogP contribution in [0, 0.1) is 0 Å². The molecular formula is C16H22Cl2N2O2. The summed E-state index contributed by atoms with van der Waals surface area (Å²) in [5.74, 6) is 0.290. The molecule has 1 aromatic carbocycles. The van der Waals surface area contributed by atoms with Crippen molar-refractivity contribution in [2.75, 3.05) is 13.1 Å². The van der Waals surface area contributed by atoms with Gasteiger partial charge < -0.3 is 10.1 Å². The van der Waals surface area contributed by atoms with Crippen LogP contribution in [0.3, 0.4) is 0 Å². The van der Waals surface area contributed by atoms with E-state index < -0.39 is 6.10 Å². The molecule has 0 unspecified atom stereocenters. The SMILES string of the molecule is CC(C)N1CC[C@@H](NC(=O)[C@@H](C)Oc2cccc(Cl)c2Cl)C1. The Morgan fingerprint density at radius 3 is 2.73 bits per heavy atom. The molecule has 122 valence electrons. The zero-order chi connectivity index (χ0) is 16.3. The maximum Gasteiger partial charge on any atom is 0.261 e. The van der Waals surface area contributed by atoms with Crippen molar-refractivity contribution in [1.82, 2.24) is 10.2 Å². The summed E-state index contributed by atoms with van der Waals surface area (Å²) < 4.78 is 5.63. The van der Waals surface area contributed by atoms with Gasteiger partial charge in [0.1, 0.15) is 10.8 Å². The van der Waals surface area contributed by atoms with Crippen molar-refractivity contribution in [3.8, 4) is 5.75 Å². The molecule has 1 aliphatic heterocycles. The summed E-state index contributed by atoms with van der Waals surface area (Å²) in [6.07, 6.45) is 0.346. The van der Waals surface area contributed by atoms with Crippen LogP contribution in [0.5, 0.6) is 5.75 Å². The van der Waals surface area contributed by atoms with E-state index in [2.05, 4.69) is 24.1 Å². The molecule has 0 spiro atoms. The van der Waals surface area contributed by atoms with Gasteiger partial charge in [0.05, 0.1) is 5.02 Å². The average Bonchev–Trinajstić information content (AvgIpc) is 2.92. The van der Waals surface area contributed by atoms with Gasteiger partial charge in [0.25, 0.3) is 5.91 Å². The highest BCUT2D eigenvalue weighted by Gasteiger charge is 2.27. The lowest BCUT2D eigenvalue weighted by atomic mass is 10.2. The summed E-state index contributed by atoms with van der Waals surface area (Å²) in [4.78, 5) is 14.6. The molecule has 1 aliphatic rings. The first kappa shape index (κ1) is 17.4. The summed E-state index contributed by atoms with van der Waals surface area (Å²) in [6.45, 7) is 7.93. The minimum atomic E-state index is -0.621. The summed E-state index contributed by atoms with van der Waals surface area (Å²) in [5, 5.41) is 3.78. The summed E-state index contributed by atoms with van der Waals surface area (Å²) in [6, 6.07) is 5.80. The monoisotopic (exact) mass is 344 g/mol. The molecular weight excluding hydrogens is 323 g/mol. The first-order valence-corrected chi connectivity index (χ1v) is 8.29. The minimum absolute atomic E-state index is 0.133. The van der Waals surface area contributed by atoms with Crippen molar-refractivity contribution in [3.05, 3.63) is 28.2 Å². The largest absolute Gasteiger partial charge is 0.479 e. The molecule has 0 radical (unpaired) electrons. The molecule has 0 aliphatic carbocycles. The van der Waals surface area contributed by atoms with E-state index in [4.69, 9.17) is 27.9 Å². The van der Waals surface area contributed by atoms with E-state index in [0.29, 0.717) is 21.8 Å². The van der Waals surface area contributed by atoms with Crippen LogP contribution in [0.1, 0.15) is 27.2 Å². The predicted molar refractivity (Wildman–Crippen MR) is 89.8 cm³/mol. The number of hydrogen-bond acceptors (Lipinski definition) is 3. The van der Waals surface area contributed by atoms with Crippen molar-refractivity contribution >= 4 is 29.1 Å². The van der Waals surface area contributed by atoms with Gasteiger partial charge in [-0.15, -0.1) is 0 Å². The quantitative estimate of drug-likeness (QED) is 0.890. The summed E-state index contributed by atoms with van der Waals surface area (Å²) >= 11 is 12.0. The van der Waals surface area contributed by atoms with Crippen molar-refractivity contribution in [2.45, 2.75) is 45.4 Å². The number of amides is 1. The Bertz CT molecular complexity index is 537. The first-order valence-electron chi connectivity index (χ1n) is 7.53. The molecule has 1 saturated heterocycles. The third-order valence-electron chi connectivity index (χ3n) is 3.89. The van der Waals surface area contributed by atoms with Gasteiger partial charge in [-0.1, -0.05) is 29.3 Å². The lowest BCUT2D eigenvalue weighted by molar-refractivity contribution is -0.127. The van der Waals surface area contributed by atoms with Crippen molar-refractivity contribution in [2.24, 2.45) is 0 Å². The second-order valence-electron chi connectivity index (χ2n) is 5.89. The number of nitrogens with one attached hydrogen (secondary N) is 1. The van der Waals surface area contributed by atoms with E-state index in [-0.39, 0.29) is 11.9 Å². The van der Waals surface area contributed by atoms with Crippen LogP contribution in [0.15, 0.2) is 18.2 Å². The maximum absolute atomic E-state index is 12.2. The molecule has 1 N–H and O–H groups in total. The van der Waals surface area contributed by atoms with Crippen LogP contribution in [0.4, 0.5) is 0 Å². The summed E-state index contributed by atoms with van der Waals surface area (Å²) in [5.41, 5.74) is 0. The highest BCUT2D eigenvalue weighted by Crippen LogP contribution is 2.32. The second kappa shape index (κ2) is 7.53. The van der Waals surface area contributed by atoms with E-state index in [1.807, 2.05) is 0 Å². The maximum atomic E-state index is 12.2. The number of likely N-dealkylation sites (tertiary alicyclic amines) is 1. The third-order valence-corrected chi connectivity index (χ3v) is 4.69. The Hall–Kier alpha value is -0.970.